The number of hydrogen-bond acceptors (Lipinski definition) is 7. The molecule has 110 valence electrons. The fraction of sp³-hybridized carbons (Fsp3) is 0.231. The number of nitrogens with one attached hydrogen (secondary N) is 1. The summed E-state index contributed by atoms with van der Waals surface area (Å²) >= 11 is 1.53. The molecule has 8 heteroatoms. The molecule has 1 amide bonds. The predicted octanol–water partition coefficient (Wildman–Crippen LogP) is 0.982. The highest BCUT2D eigenvalue weighted by Gasteiger charge is 2.21. The molecule has 3 N–H and O–H groups in total. The minimum atomic E-state index is -0.945. The second-order valence-electron chi connectivity index (χ2n) is 4.13. The molecule has 0 unspecified atom stereocenters. The van der Waals surface area contributed by atoms with E-state index in [0.29, 0.717) is 6.54 Å². The minimum absolute atomic E-state index is 0.0336. The number of ether oxygens (including phenoxy) is 1. The molecule has 7 nitrogen and oxygen atoms in total. The Balaban J connectivity index is 1.88. The molecule has 0 aliphatic heterocycles. The van der Waals surface area contributed by atoms with Gasteiger partial charge in [0, 0.05) is 17.3 Å². The van der Waals surface area contributed by atoms with Crippen molar-refractivity contribution in [1.29, 1.82) is 0 Å². The number of carbonyl (C=O) groups excluding carboxylic acids is 2. The van der Waals surface area contributed by atoms with E-state index in [2.05, 4.69) is 15.3 Å². The molecule has 21 heavy (non-hydrogen) atoms. The average molecular weight is 306 g/mol. The number of amides is 1. The summed E-state index contributed by atoms with van der Waals surface area (Å²) < 4.78 is 5.02. The van der Waals surface area contributed by atoms with Gasteiger partial charge in [-0.15, -0.1) is 11.3 Å². The highest BCUT2D eigenvalue weighted by Crippen LogP contribution is 2.09. The van der Waals surface area contributed by atoms with Crippen LogP contribution in [0.25, 0.3) is 0 Å². The fourth-order valence-electron chi connectivity index (χ4n) is 1.51. The lowest BCUT2D eigenvalue weighted by atomic mass is 10.3. The van der Waals surface area contributed by atoms with Gasteiger partial charge < -0.3 is 15.8 Å². The molecule has 0 radical (unpaired) electrons. The molecule has 0 spiro atoms. The number of nitrogens with zero attached hydrogens (tertiary/aromatic N) is 2. The number of esters is 1. The largest absolute Gasteiger partial charge is 0.448 e. The minimum Gasteiger partial charge on any atom is -0.448 e. The van der Waals surface area contributed by atoms with Crippen LogP contribution in [-0.4, -0.2) is 27.9 Å². The highest BCUT2D eigenvalue weighted by atomic mass is 32.1. The lowest BCUT2D eigenvalue weighted by molar-refractivity contribution is -0.129. The van der Waals surface area contributed by atoms with Crippen LogP contribution in [0.3, 0.4) is 0 Å². The lowest BCUT2D eigenvalue weighted by Gasteiger charge is -2.13. The Morgan fingerprint density at radius 2 is 2.19 bits per heavy atom. The molecule has 0 aliphatic rings. The summed E-state index contributed by atoms with van der Waals surface area (Å²) in [5, 5.41) is 4.60. The van der Waals surface area contributed by atoms with Crippen LogP contribution in [0.1, 0.15) is 22.3 Å². The highest BCUT2D eigenvalue weighted by molar-refractivity contribution is 7.09. The van der Waals surface area contributed by atoms with E-state index in [4.69, 9.17) is 10.5 Å². The summed E-state index contributed by atoms with van der Waals surface area (Å²) in [6, 6.07) is 3.80. The van der Waals surface area contributed by atoms with Crippen LogP contribution in [0.5, 0.6) is 0 Å². The first-order chi connectivity index (χ1) is 10.1. The van der Waals surface area contributed by atoms with Crippen molar-refractivity contribution in [2.75, 3.05) is 5.73 Å². The molecule has 0 aliphatic carbocycles. The van der Waals surface area contributed by atoms with E-state index < -0.39 is 12.1 Å². The van der Waals surface area contributed by atoms with Gasteiger partial charge in [-0.1, -0.05) is 6.07 Å². The molecule has 0 saturated heterocycles. The summed E-state index contributed by atoms with van der Waals surface area (Å²) in [7, 11) is 0. The molecule has 0 bridgehead atoms. The van der Waals surface area contributed by atoms with Gasteiger partial charge in [-0.2, -0.15) is 0 Å². The van der Waals surface area contributed by atoms with Crippen LogP contribution in [-0.2, 0) is 16.1 Å². The first-order valence-electron chi connectivity index (χ1n) is 6.15. The van der Waals surface area contributed by atoms with Gasteiger partial charge in [0.15, 0.2) is 17.6 Å². The van der Waals surface area contributed by atoms with Crippen molar-refractivity contribution < 1.29 is 14.3 Å². The monoisotopic (exact) mass is 306 g/mol. The Hall–Kier alpha value is -2.48. The van der Waals surface area contributed by atoms with Crippen LogP contribution in [0.4, 0.5) is 5.82 Å². The zero-order chi connectivity index (χ0) is 15.2. The van der Waals surface area contributed by atoms with E-state index >= 15 is 0 Å². The summed E-state index contributed by atoms with van der Waals surface area (Å²) in [5.74, 6) is -1.20. The first kappa shape index (κ1) is 14.9. The maximum Gasteiger partial charge on any atom is 0.361 e. The first-order valence-corrected chi connectivity index (χ1v) is 7.03. The van der Waals surface area contributed by atoms with Crippen molar-refractivity contribution in [3.05, 3.63) is 40.5 Å². The van der Waals surface area contributed by atoms with Crippen molar-refractivity contribution in [2.45, 2.75) is 19.6 Å². The van der Waals surface area contributed by atoms with Gasteiger partial charge in [0.1, 0.15) is 0 Å². The molecule has 2 aromatic heterocycles. The quantitative estimate of drug-likeness (QED) is 0.797. The van der Waals surface area contributed by atoms with E-state index in [-0.39, 0.29) is 17.4 Å². The zero-order valence-electron chi connectivity index (χ0n) is 11.3. The van der Waals surface area contributed by atoms with Crippen LogP contribution >= 0.6 is 11.3 Å². The number of rotatable bonds is 5. The molecule has 0 aromatic carbocycles. The summed E-state index contributed by atoms with van der Waals surface area (Å²) in [6.07, 6.45) is 1.75. The molecular weight excluding hydrogens is 292 g/mol. The Morgan fingerprint density at radius 3 is 2.86 bits per heavy atom. The Labute approximate surface area is 125 Å². The number of nitrogens with two attached hydrogens (primary N) is 1. The van der Waals surface area contributed by atoms with Crippen molar-refractivity contribution in [3.8, 4) is 0 Å². The van der Waals surface area contributed by atoms with Gasteiger partial charge in [0.25, 0.3) is 5.91 Å². The Morgan fingerprint density at radius 1 is 1.43 bits per heavy atom. The maximum atomic E-state index is 11.8. The molecule has 2 aromatic rings. The molecule has 0 fully saturated rings. The van der Waals surface area contributed by atoms with Crippen molar-refractivity contribution >= 4 is 29.0 Å². The van der Waals surface area contributed by atoms with Crippen LogP contribution in [0.2, 0.25) is 0 Å². The van der Waals surface area contributed by atoms with Gasteiger partial charge in [0.05, 0.1) is 6.54 Å². The van der Waals surface area contributed by atoms with Gasteiger partial charge >= 0.3 is 5.97 Å². The second kappa shape index (κ2) is 6.80. The summed E-state index contributed by atoms with van der Waals surface area (Å²) in [4.78, 5) is 32.2. The number of anilines is 1. The zero-order valence-corrected chi connectivity index (χ0v) is 12.1. The van der Waals surface area contributed by atoms with E-state index in [9.17, 15) is 9.59 Å². The number of carbonyl (C=O) groups is 2. The predicted molar refractivity (Wildman–Crippen MR) is 77.5 cm³/mol. The average Bonchev–Trinajstić information content (AvgIpc) is 2.98. The van der Waals surface area contributed by atoms with Crippen molar-refractivity contribution in [1.82, 2.24) is 15.3 Å². The maximum absolute atomic E-state index is 11.8. The third-order valence-corrected chi connectivity index (χ3v) is 3.47. The van der Waals surface area contributed by atoms with E-state index in [1.165, 1.54) is 30.7 Å². The lowest BCUT2D eigenvalue weighted by Crippen LogP contribution is -2.35. The van der Waals surface area contributed by atoms with Crippen molar-refractivity contribution in [3.63, 3.8) is 0 Å². The van der Waals surface area contributed by atoms with Crippen LogP contribution in [0.15, 0.2) is 29.9 Å². The fourth-order valence-corrected chi connectivity index (χ4v) is 2.15. The molecule has 0 saturated carbocycles. The van der Waals surface area contributed by atoms with Gasteiger partial charge in [-0.05, 0) is 18.4 Å². The second-order valence-corrected chi connectivity index (χ2v) is 5.17. The number of hydrogen-bond donors (Lipinski definition) is 2. The molecule has 1 atom stereocenters. The van der Waals surface area contributed by atoms with Crippen LogP contribution < -0.4 is 11.1 Å². The SMILES string of the molecule is C[C@@H](OC(=O)c1nccnc1N)C(=O)NCc1cccs1. The van der Waals surface area contributed by atoms with E-state index in [1.54, 1.807) is 0 Å². The van der Waals surface area contributed by atoms with E-state index in [1.807, 2.05) is 17.5 Å². The molecule has 2 heterocycles. The molecule has 2 rings (SSSR count). The van der Waals surface area contributed by atoms with Crippen molar-refractivity contribution in [2.24, 2.45) is 0 Å². The Kier molecular flexibility index (Phi) is 4.83. The molecular formula is C13H14N4O3S. The smallest absolute Gasteiger partial charge is 0.361 e. The Bertz CT molecular complexity index is 630. The van der Waals surface area contributed by atoms with E-state index in [0.717, 1.165) is 4.88 Å². The number of aromatic nitrogens is 2. The third-order valence-electron chi connectivity index (χ3n) is 2.59. The van der Waals surface area contributed by atoms with Gasteiger partial charge in [0.2, 0.25) is 0 Å². The standard InChI is InChI=1S/C13H14N4O3S/c1-8(12(18)17-7-9-3-2-6-21-9)20-13(19)10-11(14)16-5-4-15-10/h2-6,8H,7H2,1H3,(H2,14,16)(H,17,18)/t8-/m1/s1. The number of nitrogen functional groups attached to an aromatic ring is 1. The number of thiophene rings is 1. The van der Waals surface area contributed by atoms with Crippen LogP contribution in [0, 0.1) is 0 Å². The summed E-state index contributed by atoms with van der Waals surface area (Å²) in [6.45, 7) is 1.87. The topological polar surface area (TPSA) is 107 Å². The normalized spacial score (nSPS) is 11.7. The van der Waals surface area contributed by atoms with Gasteiger partial charge in [-0.25, -0.2) is 14.8 Å². The third kappa shape index (κ3) is 3.99. The summed E-state index contributed by atoms with van der Waals surface area (Å²) in [5.41, 5.74) is 5.42. The van der Waals surface area contributed by atoms with Gasteiger partial charge in [-0.3, -0.25) is 4.79 Å².